The van der Waals surface area contributed by atoms with Crippen LogP contribution in [0.2, 0.25) is 0 Å². The smallest absolute Gasteiger partial charge is 0.0407 e. The molecule has 0 amide bonds. The molecule has 0 aliphatic carbocycles. The van der Waals surface area contributed by atoms with Crippen LogP contribution in [0.25, 0.3) is 5.70 Å². The molecule has 0 fully saturated rings. The monoisotopic (exact) mass is 177 g/mol. The third kappa shape index (κ3) is 1.12. The summed E-state index contributed by atoms with van der Waals surface area (Å²) in [7, 11) is 0. The van der Waals surface area contributed by atoms with Crippen LogP contribution in [-0.4, -0.2) is 6.26 Å². The molecule has 0 unspecified atom stereocenters. The number of fused-ring (bicyclic) bond motifs is 1. The summed E-state index contributed by atoms with van der Waals surface area (Å²) >= 11 is 1.78. The predicted octanol–water partition coefficient (Wildman–Crippen LogP) is 2.48. The van der Waals surface area contributed by atoms with Gasteiger partial charge >= 0.3 is 0 Å². The Kier molecular flexibility index (Phi) is 1.85. The van der Waals surface area contributed by atoms with Gasteiger partial charge in [0.1, 0.15) is 0 Å². The number of hydrogen-bond acceptors (Lipinski definition) is 2. The van der Waals surface area contributed by atoms with E-state index in [0.717, 1.165) is 12.2 Å². The number of nitrogens with one attached hydrogen (secondary N) is 1. The molecule has 12 heavy (non-hydrogen) atoms. The number of thioether (sulfide) groups is 1. The number of benzene rings is 1. The molecule has 1 aromatic rings. The first-order valence-electron chi connectivity index (χ1n) is 3.91. The van der Waals surface area contributed by atoms with Gasteiger partial charge in [-0.2, -0.15) is 0 Å². The Labute approximate surface area is 76.9 Å². The molecule has 0 saturated carbocycles. The lowest BCUT2D eigenvalue weighted by Gasteiger charge is -2.00. The van der Waals surface area contributed by atoms with Gasteiger partial charge in [-0.05, 0) is 24.0 Å². The molecule has 0 spiro atoms. The highest BCUT2D eigenvalue weighted by atomic mass is 32.2. The van der Waals surface area contributed by atoms with E-state index in [-0.39, 0.29) is 0 Å². The molecule has 1 aliphatic heterocycles. The van der Waals surface area contributed by atoms with Gasteiger partial charge in [0.15, 0.2) is 0 Å². The van der Waals surface area contributed by atoms with E-state index < -0.39 is 0 Å². The molecule has 1 N–H and O–H groups in total. The second-order valence-corrected chi connectivity index (χ2v) is 3.73. The summed E-state index contributed by atoms with van der Waals surface area (Å²) in [5.41, 5.74) is 3.69. The van der Waals surface area contributed by atoms with Gasteiger partial charge in [-0.25, -0.2) is 0 Å². The first-order chi connectivity index (χ1) is 5.81. The molecular weight excluding hydrogens is 166 g/mol. The van der Waals surface area contributed by atoms with Crippen molar-refractivity contribution in [3.63, 3.8) is 0 Å². The highest BCUT2D eigenvalue weighted by molar-refractivity contribution is 7.98. The van der Waals surface area contributed by atoms with Gasteiger partial charge in [0.25, 0.3) is 0 Å². The van der Waals surface area contributed by atoms with Crippen molar-refractivity contribution in [2.24, 2.45) is 0 Å². The average molecular weight is 177 g/mol. The summed E-state index contributed by atoms with van der Waals surface area (Å²) in [4.78, 5) is 1.32. The zero-order valence-electron chi connectivity index (χ0n) is 7.05. The van der Waals surface area contributed by atoms with Crippen LogP contribution in [0.4, 0.5) is 0 Å². The molecule has 1 aliphatic rings. The van der Waals surface area contributed by atoms with Crippen molar-refractivity contribution < 1.29 is 0 Å². The van der Waals surface area contributed by atoms with Crippen molar-refractivity contribution in [1.82, 2.24) is 5.32 Å². The van der Waals surface area contributed by atoms with Crippen LogP contribution >= 0.6 is 11.8 Å². The van der Waals surface area contributed by atoms with Gasteiger partial charge < -0.3 is 5.32 Å². The molecule has 1 heterocycles. The average Bonchev–Trinajstić information content (AvgIpc) is 2.47. The topological polar surface area (TPSA) is 12.0 Å². The Morgan fingerprint density at radius 1 is 1.50 bits per heavy atom. The van der Waals surface area contributed by atoms with Gasteiger partial charge in [-0.3, -0.25) is 0 Å². The van der Waals surface area contributed by atoms with Crippen molar-refractivity contribution in [1.29, 1.82) is 0 Å². The van der Waals surface area contributed by atoms with Crippen molar-refractivity contribution in [3.8, 4) is 0 Å². The highest BCUT2D eigenvalue weighted by Gasteiger charge is 2.12. The lowest BCUT2D eigenvalue weighted by Crippen LogP contribution is -1.98. The van der Waals surface area contributed by atoms with Gasteiger partial charge in [0.2, 0.25) is 0 Å². The fourth-order valence-electron chi connectivity index (χ4n) is 1.43. The summed E-state index contributed by atoms with van der Waals surface area (Å²) in [6, 6.07) is 6.51. The standard InChI is InChI=1S/C10H11NS/c1-7-10-4-3-9(12-2)5-8(10)6-11-7/h3-5,11H,1,6H2,2H3. The van der Waals surface area contributed by atoms with Gasteiger partial charge in [-0.1, -0.05) is 12.6 Å². The SMILES string of the molecule is C=C1NCc2cc(SC)ccc21. The zero-order valence-corrected chi connectivity index (χ0v) is 7.87. The largest absolute Gasteiger partial charge is 0.381 e. The minimum Gasteiger partial charge on any atom is -0.381 e. The first kappa shape index (κ1) is 7.74. The maximum atomic E-state index is 3.93. The van der Waals surface area contributed by atoms with Crippen molar-refractivity contribution in [2.45, 2.75) is 11.4 Å². The molecule has 2 rings (SSSR count). The maximum Gasteiger partial charge on any atom is 0.0407 e. The minimum atomic E-state index is 0.933. The fraction of sp³-hybridized carbons (Fsp3) is 0.200. The number of hydrogen-bond donors (Lipinski definition) is 1. The molecule has 1 aromatic carbocycles. The third-order valence-electron chi connectivity index (χ3n) is 2.13. The predicted molar refractivity (Wildman–Crippen MR) is 54.1 cm³/mol. The molecule has 1 nitrogen and oxygen atoms in total. The zero-order chi connectivity index (χ0) is 8.55. The van der Waals surface area contributed by atoms with Crippen LogP contribution in [0.5, 0.6) is 0 Å². The quantitative estimate of drug-likeness (QED) is 0.661. The summed E-state index contributed by atoms with van der Waals surface area (Å²) in [6.07, 6.45) is 2.10. The Balaban J connectivity index is 2.48. The van der Waals surface area contributed by atoms with Gasteiger partial charge in [0, 0.05) is 22.7 Å². The minimum absolute atomic E-state index is 0.933. The Morgan fingerprint density at radius 2 is 2.33 bits per heavy atom. The molecule has 0 radical (unpaired) electrons. The molecule has 0 atom stereocenters. The number of rotatable bonds is 1. The lowest BCUT2D eigenvalue weighted by molar-refractivity contribution is 0.943. The van der Waals surface area contributed by atoms with Crippen LogP contribution < -0.4 is 5.32 Å². The Bertz CT molecular complexity index is 331. The Hall–Kier alpha value is -0.890. The summed E-state index contributed by atoms with van der Waals surface area (Å²) in [6.45, 7) is 4.87. The summed E-state index contributed by atoms with van der Waals surface area (Å²) in [5.74, 6) is 0. The van der Waals surface area contributed by atoms with Crippen LogP contribution in [0.3, 0.4) is 0 Å². The first-order valence-corrected chi connectivity index (χ1v) is 5.14. The molecule has 2 heteroatoms. The van der Waals surface area contributed by atoms with E-state index >= 15 is 0 Å². The van der Waals surface area contributed by atoms with E-state index in [2.05, 4.69) is 36.4 Å². The van der Waals surface area contributed by atoms with Gasteiger partial charge in [0.05, 0.1) is 0 Å². The summed E-state index contributed by atoms with van der Waals surface area (Å²) < 4.78 is 0. The summed E-state index contributed by atoms with van der Waals surface area (Å²) in [5, 5.41) is 3.23. The van der Waals surface area contributed by atoms with Gasteiger partial charge in [-0.15, -0.1) is 11.8 Å². The molecule has 62 valence electrons. The van der Waals surface area contributed by atoms with Crippen molar-refractivity contribution in [2.75, 3.05) is 6.26 Å². The normalized spacial score (nSPS) is 14.2. The molecule has 0 bridgehead atoms. The van der Waals surface area contributed by atoms with Crippen LogP contribution in [0.15, 0.2) is 29.7 Å². The van der Waals surface area contributed by atoms with Crippen molar-refractivity contribution in [3.05, 3.63) is 35.9 Å². The maximum absolute atomic E-state index is 3.93. The molecular formula is C10H11NS. The van der Waals surface area contributed by atoms with E-state index in [4.69, 9.17) is 0 Å². The molecule has 0 saturated heterocycles. The highest BCUT2D eigenvalue weighted by Crippen LogP contribution is 2.26. The van der Waals surface area contributed by atoms with E-state index in [1.165, 1.54) is 16.0 Å². The fourth-order valence-corrected chi connectivity index (χ4v) is 1.90. The Morgan fingerprint density at radius 3 is 3.08 bits per heavy atom. The van der Waals surface area contributed by atoms with E-state index in [1.54, 1.807) is 11.8 Å². The van der Waals surface area contributed by atoms with E-state index in [0.29, 0.717) is 0 Å². The van der Waals surface area contributed by atoms with E-state index in [1.807, 2.05) is 0 Å². The van der Waals surface area contributed by atoms with Crippen molar-refractivity contribution >= 4 is 17.5 Å². The second-order valence-electron chi connectivity index (χ2n) is 2.86. The lowest BCUT2D eigenvalue weighted by atomic mass is 10.1. The van der Waals surface area contributed by atoms with E-state index in [9.17, 15) is 0 Å². The third-order valence-corrected chi connectivity index (χ3v) is 2.86. The molecule has 0 aromatic heterocycles. The van der Waals surface area contributed by atoms with Crippen LogP contribution in [0.1, 0.15) is 11.1 Å². The van der Waals surface area contributed by atoms with Crippen LogP contribution in [0, 0.1) is 0 Å². The second kappa shape index (κ2) is 2.87. The van der Waals surface area contributed by atoms with Crippen LogP contribution in [-0.2, 0) is 6.54 Å².